The Balaban J connectivity index is 2.45. The Morgan fingerprint density at radius 1 is 1.25 bits per heavy atom. The normalized spacial score (nSPS) is 10.4. The van der Waals surface area contributed by atoms with Crippen molar-refractivity contribution in [2.24, 2.45) is 7.05 Å². The molecule has 0 saturated carbocycles. The Hall–Kier alpha value is -1.90. The number of hydrogen-bond acceptors (Lipinski definition) is 2. The van der Waals surface area contributed by atoms with E-state index in [1.54, 1.807) is 24.0 Å². The molecule has 2 aromatic rings. The van der Waals surface area contributed by atoms with Crippen LogP contribution in [0.25, 0.3) is 0 Å². The van der Waals surface area contributed by atoms with E-state index in [2.05, 4.69) is 5.10 Å². The molecular weight excluding hydrogens is 200 g/mol. The van der Waals surface area contributed by atoms with Gasteiger partial charge in [0.05, 0.1) is 0 Å². The Bertz CT molecular complexity index is 541. The number of ketones is 1. The lowest BCUT2D eigenvalue weighted by Gasteiger charge is -2.05. The van der Waals surface area contributed by atoms with Gasteiger partial charge in [0.25, 0.3) is 0 Å². The van der Waals surface area contributed by atoms with E-state index in [4.69, 9.17) is 0 Å². The van der Waals surface area contributed by atoms with Gasteiger partial charge in [-0.2, -0.15) is 5.10 Å². The van der Waals surface area contributed by atoms with E-state index in [0.29, 0.717) is 5.69 Å². The van der Waals surface area contributed by atoms with Crippen molar-refractivity contribution in [2.75, 3.05) is 0 Å². The second kappa shape index (κ2) is 3.93. The lowest BCUT2D eigenvalue weighted by Crippen LogP contribution is -2.06. The molecule has 0 bridgehead atoms. The third kappa shape index (κ3) is 1.76. The highest BCUT2D eigenvalue weighted by molar-refractivity contribution is 6.08. The Kier molecular flexibility index (Phi) is 2.60. The summed E-state index contributed by atoms with van der Waals surface area (Å²) >= 11 is 0. The quantitative estimate of drug-likeness (QED) is 0.719. The van der Waals surface area contributed by atoms with Gasteiger partial charge >= 0.3 is 0 Å². The molecule has 0 fully saturated rings. The molecule has 0 spiro atoms. The summed E-state index contributed by atoms with van der Waals surface area (Å²) in [6.45, 7) is 3.97. The highest BCUT2D eigenvalue weighted by Crippen LogP contribution is 2.16. The average Bonchev–Trinajstić information content (AvgIpc) is 2.68. The van der Waals surface area contributed by atoms with Crippen molar-refractivity contribution in [1.29, 1.82) is 0 Å². The van der Waals surface area contributed by atoms with Gasteiger partial charge in [0.1, 0.15) is 5.69 Å². The van der Waals surface area contributed by atoms with Gasteiger partial charge in [-0.25, -0.2) is 0 Å². The van der Waals surface area contributed by atoms with Gasteiger partial charge in [-0.1, -0.05) is 18.2 Å². The number of hydrogen-bond donors (Lipinski definition) is 0. The molecule has 0 N–H and O–H groups in total. The summed E-state index contributed by atoms with van der Waals surface area (Å²) in [6, 6.07) is 7.49. The fourth-order valence-electron chi connectivity index (χ4n) is 1.67. The molecule has 3 heteroatoms. The Morgan fingerprint density at radius 3 is 2.62 bits per heavy atom. The van der Waals surface area contributed by atoms with Crippen LogP contribution in [-0.2, 0) is 7.05 Å². The highest BCUT2D eigenvalue weighted by atomic mass is 16.1. The van der Waals surface area contributed by atoms with Gasteiger partial charge in [0, 0.05) is 18.8 Å². The van der Waals surface area contributed by atoms with Crippen LogP contribution in [0.1, 0.15) is 27.2 Å². The molecule has 1 aromatic carbocycles. The van der Waals surface area contributed by atoms with Crippen molar-refractivity contribution in [2.45, 2.75) is 13.8 Å². The SMILES string of the molecule is Cc1cccc(C(=O)c2ccn(C)n2)c1C. The lowest BCUT2D eigenvalue weighted by molar-refractivity contribution is 0.103. The van der Waals surface area contributed by atoms with Gasteiger partial charge in [-0.05, 0) is 31.0 Å². The number of carbonyl (C=O) groups is 1. The lowest BCUT2D eigenvalue weighted by atomic mass is 9.99. The maximum absolute atomic E-state index is 12.2. The van der Waals surface area contributed by atoms with Crippen molar-refractivity contribution >= 4 is 5.78 Å². The summed E-state index contributed by atoms with van der Waals surface area (Å²) in [5.41, 5.74) is 3.38. The van der Waals surface area contributed by atoms with Gasteiger partial charge in [-0.3, -0.25) is 9.48 Å². The molecule has 1 aromatic heterocycles. The first-order valence-electron chi connectivity index (χ1n) is 5.20. The molecule has 16 heavy (non-hydrogen) atoms. The van der Waals surface area contributed by atoms with Gasteiger partial charge in [0.15, 0.2) is 0 Å². The van der Waals surface area contributed by atoms with Crippen LogP contribution in [0.2, 0.25) is 0 Å². The molecule has 0 atom stereocenters. The van der Waals surface area contributed by atoms with Crippen LogP contribution in [0.4, 0.5) is 0 Å². The number of nitrogens with zero attached hydrogens (tertiary/aromatic N) is 2. The zero-order valence-corrected chi connectivity index (χ0v) is 9.69. The van der Waals surface area contributed by atoms with Crippen molar-refractivity contribution in [3.63, 3.8) is 0 Å². The molecule has 0 aliphatic heterocycles. The van der Waals surface area contributed by atoms with Gasteiger partial charge in [-0.15, -0.1) is 0 Å². The third-order valence-electron chi connectivity index (χ3n) is 2.80. The summed E-state index contributed by atoms with van der Waals surface area (Å²) < 4.78 is 1.64. The molecule has 0 aliphatic carbocycles. The molecular formula is C13H14N2O. The number of rotatable bonds is 2. The summed E-state index contributed by atoms with van der Waals surface area (Å²) in [4.78, 5) is 12.2. The minimum Gasteiger partial charge on any atom is -0.287 e. The van der Waals surface area contributed by atoms with Crippen molar-refractivity contribution in [3.8, 4) is 0 Å². The maximum atomic E-state index is 12.2. The molecule has 1 heterocycles. The molecule has 0 radical (unpaired) electrons. The first-order chi connectivity index (χ1) is 7.59. The molecule has 82 valence electrons. The number of aromatic nitrogens is 2. The fraction of sp³-hybridized carbons (Fsp3) is 0.231. The molecule has 0 amide bonds. The smallest absolute Gasteiger partial charge is 0.213 e. The van der Waals surface area contributed by atoms with Crippen molar-refractivity contribution in [3.05, 3.63) is 52.8 Å². The van der Waals surface area contributed by atoms with Crippen LogP contribution in [0.5, 0.6) is 0 Å². The topological polar surface area (TPSA) is 34.9 Å². The van der Waals surface area contributed by atoms with E-state index in [1.807, 2.05) is 32.0 Å². The minimum atomic E-state index is -0.0122. The standard InChI is InChI=1S/C13H14N2O/c1-9-5-4-6-11(10(9)2)13(16)12-7-8-15(3)14-12/h4-8H,1-3H3. The van der Waals surface area contributed by atoms with Crippen LogP contribution >= 0.6 is 0 Å². The monoisotopic (exact) mass is 214 g/mol. The van der Waals surface area contributed by atoms with Crippen LogP contribution in [-0.4, -0.2) is 15.6 Å². The van der Waals surface area contributed by atoms with Crippen LogP contribution in [0.3, 0.4) is 0 Å². The molecule has 0 unspecified atom stereocenters. The van der Waals surface area contributed by atoms with Crippen LogP contribution < -0.4 is 0 Å². The van der Waals surface area contributed by atoms with Gasteiger partial charge < -0.3 is 0 Å². The fourth-order valence-corrected chi connectivity index (χ4v) is 1.67. The van der Waals surface area contributed by atoms with Crippen molar-refractivity contribution < 1.29 is 4.79 Å². The summed E-state index contributed by atoms with van der Waals surface area (Å²) in [5.74, 6) is -0.0122. The molecule has 2 rings (SSSR count). The predicted octanol–water partition coefficient (Wildman–Crippen LogP) is 2.27. The zero-order valence-electron chi connectivity index (χ0n) is 9.69. The first kappa shape index (κ1) is 10.6. The number of carbonyl (C=O) groups excluding carboxylic acids is 1. The second-order valence-electron chi connectivity index (χ2n) is 3.95. The largest absolute Gasteiger partial charge is 0.287 e. The third-order valence-corrected chi connectivity index (χ3v) is 2.80. The second-order valence-corrected chi connectivity index (χ2v) is 3.95. The van der Waals surface area contributed by atoms with E-state index >= 15 is 0 Å². The molecule has 0 aliphatic rings. The summed E-state index contributed by atoms with van der Waals surface area (Å²) in [6.07, 6.45) is 1.78. The van der Waals surface area contributed by atoms with E-state index in [1.165, 1.54) is 0 Å². The molecule has 3 nitrogen and oxygen atoms in total. The summed E-state index contributed by atoms with van der Waals surface area (Å²) in [5, 5.41) is 4.12. The Labute approximate surface area is 94.7 Å². The van der Waals surface area contributed by atoms with Gasteiger partial charge in [0.2, 0.25) is 5.78 Å². The molecule has 0 saturated heterocycles. The van der Waals surface area contributed by atoms with E-state index in [-0.39, 0.29) is 5.78 Å². The minimum absolute atomic E-state index is 0.0122. The summed E-state index contributed by atoms with van der Waals surface area (Å²) in [7, 11) is 1.81. The highest BCUT2D eigenvalue weighted by Gasteiger charge is 2.14. The average molecular weight is 214 g/mol. The van der Waals surface area contributed by atoms with E-state index in [0.717, 1.165) is 16.7 Å². The van der Waals surface area contributed by atoms with Crippen molar-refractivity contribution in [1.82, 2.24) is 9.78 Å². The first-order valence-corrected chi connectivity index (χ1v) is 5.20. The maximum Gasteiger partial charge on any atom is 0.213 e. The van der Waals surface area contributed by atoms with E-state index < -0.39 is 0 Å². The van der Waals surface area contributed by atoms with Crippen LogP contribution in [0.15, 0.2) is 30.5 Å². The predicted molar refractivity (Wildman–Crippen MR) is 62.6 cm³/mol. The number of aryl methyl sites for hydroxylation is 2. The zero-order chi connectivity index (χ0) is 11.7. The number of benzene rings is 1. The van der Waals surface area contributed by atoms with Crippen LogP contribution in [0, 0.1) is 13.8 Å². The van der Waals surface area contributed by atoms with E-state index in [9.17, 15) is 4.79 Å². The Morgan fingerprint density at radius 2 is 2.00 bits per heavy atom.